The van der Waals surface area contributed by atoms with Crippen molar-refractivity contribution in [1.82, 2.24) is 14.8 Å². The summed E-state index contributed by atoms with van der Waals surface area (Å²) < 4.78 is 11.3. The maximum absolute atomic E-state index is 12.9. The van der Waals surface area contributed by atoms with E-state index in [9.17, 15) is 9.90 Å². The number of carbonyl (C=O) groups is 1. The molecule has 1 N–H and O–H groups in total. The molecule has 1 fully saturated rings. The van der Waals surface area contributed by atoms with E-state index >= 15 is 0 Å². The van der Waals surface area contributed by atoms with Crippen LogP contribution in [0.2, 0.25) is 0 Å². The van der Waals surface area contributed by atoms with Gasteiger partial charge in [0.2, 0.25) is 5.91 Å². The second-order valence-electron chi connectivity index (χ2n) is 8.47. The lowest BCUT2D eigenvalue weighted by Crippen LogP contribution is -2.40. The zero-order chi connectivity index (χ0) is 22.9. The lowest BCUT2D eigenvalue weighted by atomic mass is 10.2. The molecule has 1 atom stereocenters. The number of hydrogen-bond donors (Lipinski definition) is 1. The molecule has 2 heterocycles. The van der Waals surface area contributed by atoms with Crippen LogP contribution in [0.15, 0.2) is 48.7 Å². The first-order valence-electron chi connectivity index (χ1n) is 11.0. The highest BCUT2D eigenvalue weighted by atomic mass is 16.5. The van der Waals surface area contributed by atoms with Gasteiger partial charge in [-0.25, -0.2) is 0 Å². The SMILES string of the molecule is COc1cc(/C=C/CN2CC(=O)N(CC(C)C)C[C@H](OCc3ccccn3)C2)ccc1O. The minimum absolute atomic E-state index is 0.0932. The molecule has 1 aromatic carbocycles. The molecule has 1 aliphatic heterocycles. The molecule has 0 bridgehead atoms. The number of nitrogens with zero attached hydrogens (tertiary/aromatic N) is 3. The number of carbonyl (C=O) groups excluding carboxylic acids is 1. The van der Waals surface area contributed by atoms with E-state index < -0.39 is 0 Å². The van der Waals surface area contributed by atoms with Crippen molar-refractivity contribution in [2.75, 3.05) is 39.8 Å². The number of aromatic nitrogens is 1. The van der Waals surface area contributed by atoms with Crippen LogP contribution >= 0.6 is 0 Å². The predicted octanol–water partition coefficient (Wildman–Crippen LogP) is 3.19. The average Bonchev–Trinajstić information content (AvgIpc) is 2.92. The van der Waals surface area contributed by atoms with Gasteiger partial charge in [0.1, 0.15) is 0 Å². The Labute approximate surface area is 190 Å². The number of rotatable bonds is 9. The minimum atomic E-state index is -0.0932. The number of amides is 1. The molecule has 1 aliphatic rings. The van der Waals surface area contributed by atoms with Crippen LogP contribution in [0.3, 0.4) is 0 Å². The number of ether oxygens (including phenoxy) is 2. The smallest absolute Gasteiger partial charge is 0.236 e. The first-order valence-corrected chi connectivity index (χ1v) is 11.0. The van der Waals surface area contributed by atoms with Crippen molar-refractivity contribution in [3.05, 3.63) is 59.9 Å². The molecule has 0 unspecified atom stereocenters. The van der Waals surface area contributed by atoms with Crippen LogP contribution in [-0.4, -0.2) is 71.7 Å². The lowest BCUT2D eigenvalue weighted by Gasteiger charge is -2.26. The van der Waals surface area contributed by atoms with E-state index in [4.69, 9.17) is 9.47 Å². The van der Waals surface area contributed by atoms with E-state index in [1.54, 1.807) is 18.3 Å². The van der Waals surface area contributed by atoms with E-state index in [-0.39, 0.29) is 17.8 Å². The van der Waals surface area contributed by atoms with Gasteiger partial charge in [-0.1, -0.05) is 38.1 Å². The molecule has 32 heavy (non-hydrogen) atoms. The Morgan fingerprint density at radius 2 is 2.09 bits per heavy atom. The molecule has 0 saturated carbocycles. The molecule has 2 aromatic rings. The minimum Gasteiger partial charge on any atom is -0.504 e. The maximum Gasteiger partial charge on any atom is 0.236 e. The van der Waals surface area contributed by atoms with Gasteiger partial charge in [0.15, 0.2) is 11.5 Å². The number of methoxy groups -OCH3 is 1. The summed E-state index contributed by atoms with van der Waals surface area (Å²) in [6, 6.07) is 11.0. The van der Waals surface area contributed by atoms with E-state index in [1.165, 1.54) is 7.11 Å². The quantitative estimate of drug-likeness (QED) is 0.647. The lowest BCUT2D eigenvalue weighted by molar-refractivity contribution is -0.132. The fraction of sp³-hybridized carbons (Fsp3) is 0.440. The summed E-state index contributed by atoms with van der Waals surface area (Å²) in [6.07, 6.45) is 5.65. The van der Waals surface area contributed by atoms with E-state index in [0.717, 1.165) is 17.8 Å². The van der Waals surface area contributed by atoms with Crippen LogP contribution in [-0.2, 0) is 16.1 Å². The predicted molar refractivity (Wildman–Crippen MR) is 124 cm³/mol. The van der Waals surface area contributed by atoms with Crippen molar-refractivity contribution in [1.29, 1.82) is 0 Å². The van der Waals surface area contributed by atoms with E-state index in [1.807, 2.05) is 41.3 Å². The zero-order valence-corrected chi connectivity index (χ0v) is 19.1. The van der Waals surface area contributed by atoms with Crippen LogP contribution < -0.4 is 4.74 Å². The van der Waals surface area contributed by atoms with Crippen molar-refractivity contribution in [2.24, 2.45) is 5.92 Å². The summed E-state index contributed by atoms with van der Waals surface area (Å²) in [5, 5.41) is 9.76. The summed E-state index contributed by atoms with van der Waals surface area (Å²) in [5.41, 5.74) is 1.80. The van der Waals surface area contributed by atoms with Crippen LogP contribution in [0, 0.1) is 5.92 Å². The summed E-state index contributed by atoms with van der Waals surface area (Å²) in [6.45, 7) is 7.61. The molecule has 0 spiro atoms. The third kappa shape index (κ3) is 7.07. The number of phenolic OH excluding ortho intramolecular Hbond substituents is 1. The molecule has 3 rings (SSSR count). The fourth-order valence-corrected chi connectivity index (χ4v) is 3.73. The Bertz CT molecular complexity index is 901. The topological polar surface area (TPSA) is 75.1 Å². The highest BCUT2D eigenvalue weighted by Gasteiger charge is 2.28. The standard InChI is InChI=1S/C25H33N3O4/c1-19(2)14-28-16-22(32-18-21-8-4-5-11-26-21)15-27(17-25(28)30)12-6-7-20-9-10-23(29)24(13-20)31-3/h4-11,13,19,22,29H,12,14-18H2,1-3H3/b7-6+/t22-/m1/s1. The van der Waals surface area contributed by atoms with Crippen molar-refractivity contribution >= 4 is 12.0 Å². The molecule has 7 nitrogen and oxygen atoms in total. The Hall–Kier alpha value is -2.90. The number of aromatic hydroxyl groups is 1. The second-order valence-corrected chi connectivity index (χ2v) is 8.47. The number of pyridine rings is 1. The molecule has 7 heteroatoms. The van der Waals surface area contributed by atoms with Gasteiger partial charge in [-0.05, 0) is 35.7 Å². The van der Waals surface area contributed by atoms with Crippen molar-refractivity contribution < 1.29 is 19.4 Å². The fourth-order valence-electron chi connectivity index (χ4n) is 3.73. The third-order valence-electron chi connectivity index (χ3n) is 5.25. The van der Waals surface area contributed by atoms with Gasteiger partial charge >= 0.3 is 0 Å². The molecule has 1 amide bonds. The summed E-state index contributed by atoms with van der Waals surface area (Å²) in [4.78, 5) is 21.2. The number of hydrogen-bond acceptors (Lipinski definition) is 6. The van der Waals surface area contributed by atoms with Gasteiger partial charge in [-0.3, -0.25) is 14.7 Å². The summed E-state index contributed by atoms with van der Waals surface area (Å²) in [5.74, 6) is 1.07. The Balaban J connectivity index is 1.66. The molecular weight excluding hydrogens is 406 g/mol. The Morgan fingerprint density at radius 1 is 1.25 bits per heavy atom. The van der Waals surface area contributed by atoms with Crippen LogP contribution in [0.4, 0.5) is 0 Å². The van der Waals surface area contributed by atoms with Crippen molar-refractivity contribution in [3.8, 4) is 11.5 Å². The highest BCUT2D eigenvalue weighted by Crippen LogP contribution is 2.26. The maximum atomic E-state index is 12.9. The molecule has 0 radical (unpaired) electrons. The Kier molecular flexibility index (Phi) is 8.64. The molecular formula is C25H33N3O4. The normalized spacial score (nSPS) is 17.8. The van der Waals surface area contributed by atoms with Crippen molar-refractivity contribution in [3.63, 3.8) is 0 Å². The van der Waals surface area contributed by atoms with E-state index in [2.05, 4.69) is 23.7 Å². The summed E-state index contributed by atoms with van der Waals surface area (Å²) in [7, 11) is 1.53. The number of phenols is 1. The molecule has 172 valence electrons. The first-order chi connectivity index (χ1) is 15.4. The van der Waals surface area contributed by atoms with Crippen molar-refractivity contribution in [2.45, 2.75) is 26.6 Å². The van der Waals surface area contributed by atoms with Crippen LogP contribution in [0.25, 0.3) is 6.08 Å². The largest absolute Gasteiger partial charge is 0.504 e. The summed E-state index contributed by atoms with van der Waals surface area (Å²) >= 11 is 0. The van der Waals surface area contributed by atoms with Gasteiger partial charge in [0.25, 0.3) is 0 Å². The Morgan fingerprint density at radius 3 is 2.81 bits per heavy atom. The van der Waals surface area contributed by atoms with Gasteiger partial charge in [-0.2, -0.15) is 0 Å². The molecule has 0 aliphatic carbocycles. The zero-order valence-electron chi connectivity index (χ0n) is 19.1. The van der Waals surface area contributed by atoms with Gasteiger partial charge < -0.3 is 19.5 Å². The van der Waals surface area contributed by atoms with Gasteiger partial charge in [0.05, 0.1) is 32.1 Å². The van der Waals surface area contributed by atoms with E-state index in [0.29, 0.717) is 44.5 Å². The van der Waals surface area contributed by atoms with Crippen LogP contribution in [0.5, 0.6) is 11.5 Å². The average molecular weight is 440 g/mol. The monoisotopic (exact) mass is 439 g/mol. The van der Waals surface area contributed by atoms with Crippen LogP contribution in [0.1, 0.15) is 25.1 Å². The first kappa shape index (κ1) is 23.8. The van der Waals surface area contributed by atoms with Gasteiger partial charge in [0, 0.05) is 32.4 Å². The second kappa shape index (κ2) is 11.6. The molecule has 1 saturated heterocycles. The third-order valence-corrected chi connectivity index (χ3v) is 5.25. The van der Waals surface area contributed by atoms with Gasteiger partial charge in [-0.15, -0.1) is 0 Å². The molecule has 1 aromatic heterocycles. The highest BCUT2D eigenvalue weighted by molar-refractivity contribution is 5.78. The number of benzene rings is 1.